The van der Waals surface area contributed by atoms with Crippen molar-refractivity contribution in [2.45, 2.75) is 13.5 Å². The molecule has 4 nitrogen and oxygen atoms in total. The fourth-order valence-electron chi connectivity index (χ4n) is 1.06. The molecule has 0 saturated carbocycles. The topological polar surface area (TPSA) is 50.7 Å². The van der Waals surface area contributed by atoms with Crippen molar-refractivity contribution in [1.82, 2.24) is 15.0 Å². The van der Waals surface area contributed by atoms with Crippen LogP contribution in [0.3, 0.4) is 0 Å². The van der Waals surface area contributed by atoms with Crippen molar-refractivity contribution >= 4 is 17.2 Å². The number of hydrogen-bond acceptors (Lipinski definition) is 5. The largest absolute Gasteiger partial charge is 0.364 e. The monoisotopic (exact) mass is 206 g/mol. The molecule has 0 spiro atoms. The number of aryl methyl sites for hydroxylation is 1. The molecule has 0 aliphatic rings. The minimum atomic E-state index is 0.708. The molecule has 72 valence electrons. The van der Waals surface area contributed by atoms with Gasteiger partial charge >= 0.3 is 0 Å². The molecule has 0 aromatic carbocycles. The van der Waals surface area contributed by atoms with Crippen molar-refractivity contribution in [3.63, 3.8) is 0 Å². The van der Waals surface area contributed by atoms with Gasteiger partial charge in [-0.1, -0.05) is 0 Å². The van der Waals surface area contributed by atoms with Gasteiger partial charge in [-0.25, -0.2) is 15.0 Å². The summed E-state index contributed by atoms with van der Waals surface area (Å²) in [4.78, 5) is 12.3. The maximum atomic E-state index is 4.17. The SMILES string of the molecule is Cc1cc(NCc2cscn2)ncn1. The van der Waals surface area contributed by atoms with Gasteiger partial charge in [-0.05, 0) is 6.92 Å². The van der Waals surface area contributed by atoms with Crippen molar-refractivity contribution in [1.29, 1.82) is 0 Å². The Morgan fingerprint density at radius 2 is 2.29 bits per heavy atom. The second-order valence-corrected chi connectivity index (χ2v) is 3.60. The molecule has 0 amide bonds. The Morgan fingerprint density at radius 1 is 1.36 bits per heavy atom. The van der Waals surface area contributed by atoms with Crippen LogP contribution in [-0.2, 0) is 6.54 Å². The van der Waals surface area contributed by atoms with Gasteiger partial charge < -0.3 is 5.32 Å². The Balaban J connectivity index is 1.98. The van der Waals surface area contributed by atoms with E-state index in [0.29, 0.717) is 6.54 Å². The summed E-state index contributed by atoms with van der Waals surface area (Å²) in [5.41, 5.74) is 3.81. The highest BCUT2D eigenvalue weighted by molar-refractivity contribution is 7.07. The first-order chi connectivity index (χ1) is 6.84. The summed E-state index contributed by atoms with van der Waals surface area (Å²) in [7, 11) is 0. The Labute approximate surface area is 86.1 Å². The van der Waals surface area contributed by atoms with Gasteiger partial charge in [0.05, 0.1) is 17.7 Å². The maximum absolute atomic E-state index is 4.17. The smallest absolute Gasteiger partial charge is 0.129 e. The number of hydrogen-bond donors (Lipinski definition) is 1. The first-order valence-corrected chi connectivity index (χ1v) is 5.18. The van der Waals surface area contributed by atoms with Gasteiger partial charge in [-0.15, -0.1) is 11.3 Å². The normalized spacial score (nSPS) is 10.1. The van der Waals surface area contributed by atoms with E-state index < -0.39 is 0 Å². The van der Waals surface area contributed by atoms with Crippen molar-refractivity contribution < 1.29 is 0 Å². The van der Waals surface area contributed by atoms with Gasteiger partial charge in [-0.3, -0.25) is 0 Å². The summed E-state index contributed by atoms with van der Waals surface area (Å²) in [6, 6.07) is 1.91. The van der Waals surface area contributed by atoms with Gasteiger partial charge in [-0.2, -0.15) is 0 Å². The molecule has 0 atom stereocenters. The number of thiazole rings is 1. The molecule has 0 saturated heterocycles. The molecule has 0 aliphatic carbocycles. The Bertz CT molecular complexity index is 399. The van der Waals surface area contributed by atoms with Crippen LogP contribution in [0.15, 0.2) is 23.3 Å². The highest BCUT2D eigenvalue weighted by Crippen LogP contribution is 2.06. The zero-order valence-corrected chi connectivity index (χ0v) is 8.58. The number of aromatic nitrogens is 3. The summed E-state index contributed by atoms with van der Waals surface area (Å²) in [5.74, 6) is 0.838. The fraction of sp³-hybridized carbons (Fsp3) is 0.222. The van der Waals surface area contributed by atoms with Gasteiger partial charge in [0.2, 0.25) is 0 Å². The summed E-state index contributed by atoms with van der Waals surface area (Å²) in [6.45, 7) is 2.65. The molecule has 1 N–H and O–H groups in total. The Hall–Kier alpha value is -1.49. The fourth-order valence-corrected chi connectivity index (χ4v) is 1.62. The van der Waals surface area contributed by atoms with Crippen LogP contribution >= 0.6 is 11.3 Å². The predicted molar refractivity (Wildman–Crippen MR) is 56.2 cm³/mol. The van der Waals surface area contributed by atoms with Crippen molar-refractivity contribution in [2.24, 2.45) is 0 Å². The molecule has 2 aromatic heterocycles. The number of nitrogens with zero attached hydrogens (tertiary/aromatic N) is 3. The lowest BCUT2D eigenvalue weighted by Crippen LogP contribution is -2.02. The lowest BCUT2D eigenvalue weighted by atomic mass is 10.4. The lowest BCUT2D eigenvalue weighted by Gasteiger charge is -2.02. The van der Waals surface area contributed by atoms with Crippen LogP contribution in [0.2, 0.25) is 0 Å². The van der Waals surface area contributed by atoms with Gasteiger partial charge in [0.1, 0.15) is 12.1 Å². The van der Waals surface area contributed by atoms with E-state index in [4.69, 9.17) is 0 Å². The minimum Gasteiger partial charge on any atom is -0.364 e. The Kier molecular flexibility index (Phi) is 2.69. The summed E-state index contributed by atoms with van der Waals surface area (Å²) >= 11 is 1.59. The summed E-state index contributed by atoms with van der Waals surface area (Å²) < 4.78 is 0. The standard InChI is InChI=1S/C9H10N4S/c1-7-2-9(12-5-11-7)10-3-8-4-14-6-13-8/h2,4-6H,3H2,1H3,(H,10,11,12). The molecule has 0 radical (unpaired) electrons. The molecular weight excluding hydrogens is 196 g/mol. The van der Waals surface area contributed by atoms with Crippen LogP contribution < -0.4 is 5.32 Å². The second-order valence-electron chi connectivity index (χ2n) is 2.88. The highest BCUT2D eigenvalue weighted by Gasteiger charge is 1.96. The first-order valence-electron chi connectivity index (χ1n) is 4.24. The molecule has 2 rings (SSSR count). The number of rotatable bonds is 3. The van der Waals surface area contributed by atoms with E-state index >= 15 is 0 Å². The quantitative estimate of drug-likeness (QED) is 0.832. The second kappa shape index (κ2) is 4.15. The van der Waals surface area contributed by atoms with Gasteiger partial charge in [0, 0.05) is 17.1 Å². The lowest BCUT2D eigenvalue weighted by molar-refractivity contribution is 1.03. The average Bonchev–Trinajstić information content (AvgIpc) is 2.67. The molecule has 2 aromatic rings. The van der Waals surface area contributed by atoms with Crippen LogP contribution in [-0.4, -0.2) is 15.0 Å². The molecule has 2 heterocycles. The molecule has 5 heteroatoms. The van der Waals surface area contributed by atoms with Crippen molar-refractivity contribution in [2.75, 3.05) is 5.32 Å². The van der Waals surface area contributed by atoms with Crippen LogP contribution in [0.5, 0.6) is 0 Å². The molecule has 0 fully saturated rings. The molecule has 14 heavy (non-hydrogen) atoms. The molecular formula is C9H10N4S. The minimum absolute atomic E-state index is 0.708. The van der Waals surface area contributed by atoms with E-state index in [1.54, 1.807) is 17.7 Å². The number of anilines is 1. The highest BCUT2D eigenvalue weighted by atomic mass is 32.1. The van der Waals surface area contributed by atoms with Crippen molar-refractivity contribution in [3.05, 3.63) is 34.7 Å². The third kappa shape index (κ3) is 2.26. The van der Waals surface area contributed by atoms with E-state index in [0.717, 1.165) is 17.2 Å². The van der Waals surface area contributed by atoms with E-state index in [9.17, 15) is 0 Å². The van der Waals surface area contributed by atoms with E-state index in [1.165, 1.54) is 0 Å². The van der Waals surface area contributed by atoms with E-state index in [-0.39, 0.29) is 0 Å². The average molecular weight is 206 g/mol. The summed E-state index contributed by atoms with van der Waals surface area (Å²) in [5, 5.41) is 5.20. The van der Waals surface area contributed by atoms with Crippen molar-refractivity contribution in [3.8, 4) is 0 Å². The zero-order valence-electron chi connectivity index (χ0n) is 7.77. The van der Waals surface area contributed by atoms with Crippen LogP contribution in [0.25, 0.3) is 0 Å². The van der Waals surface area contributed by atoms with Crippen LogP contribution in [0, 0.1) is 6.92 Å². The molecule has 0 unspecified atom stereocenters. The third-order valence-electron chi connectivity index (χ3n) is 1.74. The number of nitrogens with one attached hydrogen (secondary N) is 1. The van der Waals surface area contributed by atoms with E-state index in [1.807, 2.05) is 23.9 Å². The predicted octanol–water partition coefficient (Wildman–Crippen LogP) is 1.85. The maximum Gasteiger partial charge on any atom is 0.129 e. The molecule has 0 bridgehead atoms. The molecule has 0 aliphatic heterocycles. The van der Waals surface area contributed by atoms with Crippen LogP contribution in [0.4, 0.5) is 5.82 Å². The van der Waals surface area contributed by atoms with Crippen LogP contribution in [0.1, 0.15) is 11.4 Å². The Morgan fingerprint density at radius 3 is 3.00 bits per heavy atom. The van der Waals surface area contributed by atoms with Gasteiger partial charge in [0.25, 0.3) is 0 Å². The van der Waals surface area contributed by atoms with Gasteiger partial charge in [0.15, 0.2) is 0 Å². The van der Waals surface area contributed by atoms with E-state index in [2.05, 4.69) is 20.3 Å². The zero-order chi connectivity index (χ0) is 9.80. The summed E-state index contributed by atoms with van der Waals surface area (Å²) in [6.07, 6.45) is 1.55. The first kappa shape index (κ1) is 9.08. The third-order valence-corrected chi connectivity index (χ3v) is 2.37.